The van der Waals surface area contributed by atoms with Crippen LogP contribution < -0.4 is 10.2 Å². The number of pyridine rings is 2. The van der Waals surface area contributed by atoms with Gasteiger partial charge in [-0.05, 0) is 101 Å². The molecule has 220 valence electrons. The van der Waals surface area contributed by atoms with E-state index in [1.165, 1.54) is 12.5 Å². The summed E-state index contributed by atoms with van der Waals surface area (Å²) >= 11 is 0. The van der Waals surface area contributed by atoms with Gasteiger partial charge in [-0.2, -0.15) is 0 Å². The molecule has 2 aliphatic heterocycles. The molecule has 42 heavy (non-hydrogen) atoms. The number of carbonyl (C=O) groups is 1. The van der Waals surface area contributed by atoms with Gasteiger partial charge in [-0.15, -0.1) is 0 Å². The number of nitrogens with one attached hydrogen (secondary N) is 1. The number of aromatic nitrogens is 2. The minimum Gasteiger partial charge on any atom is -0.369 e. The maximum atomic E-state index is 15.2. The number of rotatable bonds is 4. The van der Waals surface area contributed by atoms with Gasteiger partial charge >= 0.3 is 0 Å². The Morgan fingerprint density at radius 1 is 1.07 bits per heavy atom. The minimum absolute atomic E-state index is 0.0443. The summed E-state index contributed by atoms with van der Waals surface area (Å²) < 4.78 is 15.2. The molecule has 0 radical (unpaired) electrons. The maximum Gasteiger partial charge on any atom is 0.255 e. The van der Waals surface area contributed by atoms with E-state index < -0.39 is 5.82 Å². The Kier molecular flexibility index (Phi) is 8.39. The summed E-state index contributed by atoms with van der Waals surface area (Å²) in [6.45, 7) is 14.2. The van der Waals surface area contributed by atoms with Crippen LogP contribution in [0.1, 0.15) is 80.7 Å². The van der Waals surface area contributed by atoms with Gasteiger partial charge in [-0.1, -0.05) is 26.7 Å². The second-order valence-corrected chi connectivity index (χ2v) is 13.2. The van der Waals surface area contributed by atoms with Crippen LogP contribution in [-0.2, 0) is 5.41 Å². The molecule has 1 N–H and O–H groups in total. The van der Waals surface area contributed by atoms with Crippen molar-refractivity contribution in [3.63, 3.8) is 0 Å². The predicted molar refractivity (Wildman–Crippen MR) is 168 cm³/mol. The first-order valence-electron chi connectivity index (χ1n) is 15.0. The maximum absolute atomic E-state index is 15.2. The van der Waals surface area contributed by atoms with Crippen LogP contribution in [0.4, 0.5) is 15.8 Å². The smallest absolute Gasteiger partial charge is 0.255 e. The standard InChI is InChI=1S/C35H42FN5O/c1-24-18-28(36)30(39-33(42)25-11-14-37-32(20-25)34(2,3)4)21-27(24)26-19-31(41-15-8-7-9-16-41)29(38-22-26)10-12-35(5)13-17-40(6)23-35/h11,14,18-22H,7-9,13,15-17,23H2,1-6H3,(H,39,42). The first kappa shape index (κ1) is 29.7. The lowest BCUT2D eigenvalue weighted by Crippen LogP contribution is -2.30. The SMILES string of the molecule is Cc1cc(F)c(NC(=O)c2ccnc(C(C)(C)C)c2)cc1-c1cnc(C#CC2(C)CCN(C)C2)c(N2CCCCC2)c1. The van der Waals surface area contributed by atoms with Gasteiger partial charge in [0.1, 0.15) is 11.5 Å². The molecule has 0 spiro atoms. The van der Waals surface area contributed by atoms with Crippen molar-refractivity contribution in [1.82, 2.24) is 14.9 Å². The van der Waals surface area contributed by atoms with E-state index in [0.717, 1.165) is 79.2 Å². The van der Waals surface area contributed by atoms with Gasteiger partial charge in [0.25, 0.3) is 5.91 Å². The van der Waals surface area contributed by atoms with E-state index in [0.29, 0.717) is 5.56 Å². The molecule has 0 aliphatic carbocycles. The topological polar surface area (TPSA) is 61.4 Å². The molecule has 1 unspecified atom stereocenters. The Balaban J connectivity index is 1.48. The first-order chi connectivity index (χ1) is 19.9. The van der Waals surface area contributed by atoms with E-state index in [9.17, 15) is 4.79 Å². The van der Waals surface area contributed by atoms with Gasteiger partial charge < -0.3 is 15.1 Å². The fourth-order valence-electron chi connectivity index (χ4n) is 5.83. The molecule has 7 heteroatoms. The molecule has 3 aromatic rings. The molecule has 4 heterocycles. The van der Waals surface area contributed by atoms with E-state index in [1.54, 1.807) is 24.4 Å². The molecule has 6 nitrogen and oxygen atoms in total. The quantitative estimate of drug-likeness (QED) is 0.351. The van der Waals surface area contributed by atoms with E-state index in [1.807, 2.05) is 33.9 Å². The van der Waals surface area contributed by atoms with E-state index in [-0.39, 0.29) is 22.4 Å². The number of carbonyl (C=O) groups excluding carboxylic acids is 1. The zero-order valence-corrected chi connectivity index (χ0v) is 25.8. The number of likely N-dealkylation sites (tertiary alicyclic amines) is 1. The lowest BCUT2D eigenvalue weighted by molar-refractivity contribution is 0.102. The summed E-state index contributed by atoms with van der Waals surface area (Å²) in [5.41, 5.74) is 5.41. The van der Waals surface area contributed by atoms with Gasteiger partial charge in [0, 0.05) is 59.7 Å². The highest BCUT2D eigenvalue weighted by atomic mass is 19.1. The summed E-state index contributed by atoms with van der Waals surface area (Å²) in [4.78, 5) is 27.1. The van der Waals surface area contributed by atoms with Crippen molar-refractivity contribution >= 4 is 17.3 Å². The second kappa shape index (κ2) is 11.9. The van der Waals surface area contributed by atoms with Crippen molar-refractivity contribution in [3.8, 4) is 23.0 Å². The zero-order valence-electron chi connectivity index (χ0n) is 25.8. The highest BCUT2D eigenvalue weighted by molar-refractivity contribution is 6.04. The number of aryl methyl sites for hydroxylation is 1. The van der Waals surface area contributed by atoms with Crippen LogP contribution in [0.3, 0.4) is 0 Å². The van der Waals surface area contributed by atoms with E-state index in [4.69, 9.17) is 4.98 Å². The normalized spacial score (nSPS) is 19.4. The second-order valence-electron chi connectivity index (χ2n) is 13.2. The highest BCUT2D eigenvalue weighted by Gasteiger charge is 2.30. The Morgan fingerprint density at radius 2 is 1.83 bits per heavy atom. The monoisotopic (exact) mass is 567 g/mol. The Labute approximate surface area is 249 Å². The molecule has 2 saturated heterocycles. The van der Waals surface area contributed by atoms with Crippen molar-refractivity contribution < 1.29 is 9.18 Å². The predicted octanol–water partition coefficient (Wildman–Crippen LogP) is 6.82. The lowest BCUT2D eigenvalue weighted by Gasteiger charge is -2.30. The van der Waals surface area contributed by atoms with E-state index >= 15 is 4.39 Å². The molecule has 5 rings (SSSR count). The number of amides is 1. The lowest BCUT2D eigenvalue weighted by atomic mass is 9.90. The number of hydrogen-bond donors (Lipinski definition) is 1. The molecule has 2 aliphatic rings. The van der Waals surface area contributed by atoms with Crippen molar-refractivity contribution in [3.05, 3.63) is 71.1 Å². The Morgan fingerprint density at radius 3 is 2.52 bits per heavy atom. The Bertz CT molecular complexity index is 1540. The number of anilines is 2. The largest absolute Gasteiger partial charge is 0.369 e. The van der Waals surface area contributed by atoms with Gasteiger partial charge in [-0.3, -0.25) is 9.78 Å². The molecule has 1 aromatic carbocycles. The van der Waals surface area contributed by atoms with Crippen molar-refractivity contribution in [2.45, 2.75) is 65.7 Å². The number of benzene rings is 1. The van der Waals surface area contributed by atoms with Crippen LogP contribution in [0, 0.1) is 30.0 Å². The summed E-state index contributed by atoms with van der Waals surface area (Å²) in [5, 5.41) is 2.79. The average molecular weight is 568 g/mol. The van der Waals surface area contributed by atoms with Gasteiger partial charge in [0.05, 0.1) is 11.4 Å². The molecule has 2 aromatic heterocycles. The van der Waals surface area contributed by atoms with Crippen molar-refractivity contribution in [2.75, 3.05) is 43.4 Å². The number of hydrogen-bond acceptors (Lipinski definition) is 5. The third kappa shape index (κ3) is 6.65. The third-order valence-electron chi connectivity index (χ3n) is 8.37. The van der Waals surface area contributed by atoms with Crippen LogP contribution in [0.5, 0.6) is 0 Å². The molecule has 1 atom stereocenters. The summed E-state index contributed by atoms with van der Waals surface area (Å²) in [6, 6.07) is 8.74. The molecular weight excluding hydrogens is 525 g/mol. The molecular formula is C35H42FN5O. The van der Waals surface area contributed by atoms with Gasteiger partial charge in [-0.25, -0.2) is 9.37 Å². The number of nitrogens with zero attached hydrogens (tertiary/aromatic N) is 4. The van der Waals surface area contributed by atoms with Crippen molar-refractivity contribution in [1.29, 1.82) is 0 Å². The van der Waals surface area contributed by atoms with Crippen LogP contribution in [-0.4, -0.2) is 54.0 Å². The third-order valence-corrected chi connectivity index (χ3v) is 8.37. The molecule has 0 bridgehead atoms. The van der Waals surface area contributed by atoms with Crippen molar-refractivity contribution in [2.24, 2.45) is 5.41 Å². The molecule has 1 amide bonds. The summed E-state index contributed by atoms with van der Waals surface area (Å²) in [7, 11) is 2.14. The zero-order chi connectivity index (χ0) is 30.1. The Hall–Kier alpha value is -3.76. The van der Waals surface area contributed by atoms with Gasteiger partial charge in [0.15, 0.2) is 0 Å². The summed E-state index contributed by atoms with van der Waals surface area (Å²) in [6.07, 6.45) is 7.99. The number of halogens is 1. The fraction of sp³-hybridized carbons (Fsp3) is 0.457. The van der Waals surface area contributed by atoms with Crippen LogP contribution >= 0.6 is 0 Å². The summed E-state index contributed by atoms with van der Waals surface area (Å²) in [5.74, 6) is 6.12. The minimum atomic E-state index is -0.476. The fourth-order valence-corrected chi connectivity index (χ4v) is 5.83. The van der Waals surface area contributed by atoms with Gasteiger partial charge in [0.2, 0.25) is 0 Å². The van der Waals surface area contributed by atoms with Crippen LogP contribution in [0.15, 0.2) is 42.7 Å². The van der Waals surface area contributed by atoms with Crippen LogP contribution in [0.25, 0.3) is 11.1 Å². The molecule has 0 saturated carbocycles. The average Bonchev–Trinajstić information content (AvgIpc) is 3.31. The number of piperidine rings is 1. The first-order valence-corrected chi connectivity index (χ1v) is 15.0. The van der Waals surface area contributed by atoms with E-state index in [2.05, 4.69) is 52.0 Å². The molecule has 2 fully saturated rings. The highest BCUT2D eigenvalue weighted by Crippen LogP contribution is 2.34. The van der Waals surface area contributed by atoms with Crippen LogP contribution in [0.2, 0.25) is 0 Å².